The Kier molecular flexibility index (Phi) is 4.63. The second-order valence-electron chi connectivity index (χ2n) is 6.92. The maximum atomic E-state index is 13.1. The summed E-state index contributed by atoms with van der Waals surface area (Å²) < 4.78 is 2.13. The van der Waals surface area contributed by atoms with Crippen molar-refractivity contribution in [3.8, 4) is 0 Å². The third-order valence-electron chi connectivity index (χ3n) is 5.26. The fourth-order valence-corrected chi connectivity index (χ4v) is 3.96. The number of carbonyl (C=O) groups excluding carboxylic acids is 1. The second-order valence-corrected chi connectivity index (χ2v) is 6.92. The van der Waals surface area contributed by atoms with E-state index in [2.05, 4.69) is 24.4 Å². The van der Waals surface area contributed by atoms with Gasteiger partial charge in [-0.05, 0) is 31.7 Å². The summed E-state index contributed by atoms with van der Waals surface area (Å²) in [5.41, 5.74) is 0. The smallest absolute Gasteiger partial charge is 0.227 e. The van der Waals surface area contributed by atoms with Crippen LogP contribution < -0.4 is 4.90 Å². The molecule has 0 saturated carbocycles. The number of likely N-dealkylation sites (tertiary alicyclic amines) is 1. The third kappa shape index (κ3) is 3.50. The predicted octanol–water partition coefficient (Wildman–Crippen LogP) is 1.75. The molecule has 132 valence electrons. The van der Waals surface area contributed by atoms with Crippen LogP contribution in [0.15, 0.2) is 37.2 Å². The van der Waals surface area contributed by atoms with E-state index in [1.165, 1.54) is 0 Å². The number of imidazole rings is 1. The standard InChI is InChI=1S/C18H24N6O/c25-17(22-9-2-5-16(13-22)24-11-8-19-14-24)15-4-1-10-23(12-15)18-20-6-3-7-21-18/h3,6-8,11,14-16H,1-2,4-5,9-10,12-13H2/t15-,16+/m0/s1. The van der Waals surface area contributed by atoms with Crippen molar-refractivity contribution < 1.29 is 4.79 Å². The second kappa shape index (κ2) is 7.21. The Labute approximate surface area is 147 Å². The minimum atomic E-state index is 0.0408. The molecule has 0 unspecified atom stereocenters. The van der Waals surface area contributed by atoms with Gasteiger partial charge in [0.25, 0.3) is 0 Å². The molecule has 0 aromatic carbocycles. The van der Waals surface area contributed by atoms with E-state index < -0.39 is 0 Å². The molecule has 0 radical (unpaired) electrons. The number of carbonyl (C=O) groups is 1. The van der Waals surface area contributed by atoms with Gasteiger partial charge in [0.15, 0.2) is 0 Å². The minimum absolute atomic E-state index is 0.0408. The Morgan fingerprint density at radius 3 is 2.68 bits per heavy atom. The maximum absolute atomic E-state index is 13.1. The normalized spacial score (nSPS) is 24.3. The lowest BCUT2D eigenvalue weighted by molar-refractivity contribution is -0.137. The van der Waals surface area contributed by atoms with Gasteiger partial charge in [-0.25, -0.2) is 15.0 Å². The number of hydrogen-bond acceptors (Lipinski definition) is 5. The van der Waals surface area contributed by atoms with Crippen molar-refractivity contribution in [3.63, 3.8) is 0 Å². The SMILES string of the molecule is O=C([C@H]1CCCN(c2ncccn2)C1)N1CCC[C@@H](n2ccnc2)C1. The average Bonchev–Trinajstić information content (AvgIpc) is 3.23. The van der Waals surface area contributed by atoms with Crippen molar-refractivity contribution in [2.45, 2.75) is 31.7 Å². The molecule has 0 aliphatic carbocycles. The first-order chi connectivity index (χ1) is 12.3. The Balaban J connectivity index is 1.41. The first-order valence-corrected chi connectivity index (χ1v) is 9.09. The van der Waals surface area contributed by atoms with Crippen LogP contribution in [0.3, 0.4) is 0 Å². The highest BCUT2D eigenvalue weighted by Crippen LogP contribution is 2.26. The Bertz CT molecular complexity index is 689. The molecular formula is C18H24N6O. The van der Waals surface area contributed by atoms with Crippen LogP contribution in [0.2, 0.25) is 0 Å². The molecule has 7 nitrogen and oxygen atoms in total. The maximum Gasteiger partial charge on any atom is 0.227 e. The average molecular weight is 340 g/mol. The van der Waals surface area contributed by atoms with Gasteiger partial charge in [-0.15, -0.1) is 0 Å². The molecule has 7 heteroatoms. The van der Waals surface area contributed by atoms with Gasteiger partial charge in [0.05, 0.1) is 18.3 Å². The van der Waals surface area contributed by atoms with E-state index in [1.54, 1.807) is 18.6 Å². The van der Waals surface area contributed by atoms with E-state index in [4.69, 9.17) is 0 Å². The van der Waals surface area contributed by atoms with Gasteiger partial charge in [-0.3, -0.25) is 4.79 Å². The quantitative estimate of drug-likeness (QED) is 0.852. The van der Waals surface area contributed by atoms with Crippen molar-refractivity contribution in [3.05, 3.63) is 37.2 Å². The van der Waals surface area contributed by atoms with Crippen molar-refractivity contribution in [2.75, 3.05) is 31.1 Å². The molecular weight excluding hydrogens is 316 g/mol. The van der Waals surface area contributed by atoms with Gasteiger partial charge in [0, 0.05) is 51.0 Å². The van der Waals surface area contributed by atoms with Crippen LogP contribution in [0.4, 0.5) is 5.95 Å². The highest BCUT2D eigenvalue weighted by molar-refractivity contribution is 5.79. The van der Waals surface area contributed by atoms with Crippen LogP contribution in [0, 0.1) is 5.92 Å². The van der Waals surface area contributed by atoms with Crippen molar-refractivity contribution >= 4 is 11.9 Å². The van der Waals surface area contributed by atoms with Crippen LogP contribution in [0.1, 0.15) is 31.7 Å². The topological polar surface area (TPSA) is 67.2 Å². The highest BCUT2D eigenvalue weighted by Gasteiger charge is 2.32. The molecule has 2 atom stereocenters. The molecule has 2 aromatic rings. The summed E-state index contributed by atoms with van der Waals surface area (Å²) >= 11 is 0. The van der Waals surface area contributed by atoms with Crippen molar-refractivity contribution in [1.82, 2.24) is 24.4 Å². The molecule has 0 spiro atoms. The predicted molar refractivity (Wildman–Crippen MR) is 94.0 cm³/mol. The summed E-state index contributed by atoms with van der Waals surface area (Å²) in [5.74, 6) is 1.06. The molecule has 1 amide bonds. The fourth-order valence-electron chi connectivity index (χ4n) is 3.96. The van der Waals surface area contributed by atoms with Gasteiger partial charge in [0.2, 0.25) is 11.9 Å². The zero-order valence-electron chi connectivity index (χ0n) is 14.4. The van der Waals surface area contributed by atoms with Crippen LogP contribution >= 0.6 is 0 Å². The Hall–Kier alpha value is -2.44. The number of nitrogens with zero attached hydrogens (tertiary/aromatic N) is 6. The lowest BCUT2D eigenvalue weighted by atomic mass is 9.95. The molecule has 25 heavy (non-hydrogen) atoms. The van der Waals surface area contributed by atoms with Crippen molar-refractivity contribution in [2.24, 2.45) is 5.92 Å². The minimum Gasteiger partial charge on any atom is -0.340 e. The number of amides is 1. The molecule has 2 fully saturated rings. The summed E-state index contributed by atoms with van der Waals surface area (Å²) in [4.78, 5) is 30.1. The summed E-state index contributed by atoms with van der Waals surface area (Å²) in [6.45, 7) is 3.29. The Morgan fingerprint density at radius 2 is 1.88 bits per heavy atom. The van der Waals surface area contributed by atoms with Gasteiger partial charge in [-0.2, -0.15) is 0 Å². The molecule has 2 aromatic heterocycles. The van der Waals surface area contributed by atoms with E-state index in [9.17, 15) is 4.79 Å². The lowest BCUT2D eigenvalue weighted by Crippen LogP contribution is -2.48. The van der Waals surface area contributed by atoms with Crippen LogP contribution in [0.5, 0.6) is 0 Å². The van der Waals surface area contributed by atoms with Gasteiger partial charge < -0.3 is 14.4 Å². The van der Waals surface area contributed by atoms with E-state index in [0.717, 1.165) is 57.8 Å². The molecule has 0 N–H and O–H groups in total. The zero-order valence-corrected chi connectivity index (χ0v) is 14.4. The summed E-state index contributed by atoms with van der Waals surface area (Å²) in [7, 11) is 0. The van der Waals surface area contributed by atoms with Gasteiger partial charge >= 0.3 is 0 Å². The highest BCUT2D eigenvalue weighted by atomic mass is 16.2. The van der Waals surface area contributed by atoms with Gasteiger partial charge in [0.1, 0.15) is 0 Å². The van der Waals surface area contributed by atoms with Crippen LogP contribution in [-0.2, 0) is 4.79 Å². The summed E-state index contributed by atoms with van der Waals surface area (Å²) in [5, 5.41) is 0. The number of piperidine rings is 2. The Morgan fingerprint density at radius 1 is 1.04 bits per heavy atom. The number of aromatic nitrogens is 4. The first-order valence-electron chi connectivity index (χ1n) is 9.09. The summed E-state index contributed by atoms with van der Waals surface area (Å²) in [6, 6.07) is 2.16. The molecule has 4 heterocycles. The lowest BCUT2D eigenvalue weighted by Gasteiger charge is -2.38. The molecule has 2 aliphatic rings. The van der Waals surface area contributed by atoms with Crippen molar-refractivity contribution in [1.29, 1.82) is 0 Å². The fraction of sp³-hybridized carbons (Fsp3) is 0.556. The number of anilines is 1. The first kappa shape index (κ1) is 16.1. The molecule has 2 aliphatic heterocycles. The molecule has 2 saturated heterocycles. The molecule has 4 rings (SSSR count). The number of rotatable bonds is 3. The molecule has 0 bridgehead atoms. The van der Waals surface area contributed by atoms with Crippen LogP contribution in [0.25, 0.3) is 0 Å². The monoisotopic (exact) mass is 340 g/mol. The van der Waals surface area contributed by atoms with E-state index in [0.29, 0.717) is 6.04 Å². The van der Waals surface area contributed by atoms with E-state index in [-0.39, 0.29) is 11.8 Å². The largest absolute Gasteiger partial charge is 0.340 e. The van der Waals surface area contributed by atoms with Crippen LogP contribution in [-0.4, -0.2) is 56.5 Å². The van der Waals surface area contributed by atoms with E-state index in [1.807, 2.05) is 23.5 Å². The number of hydrogen-bond donors (Lipinski definition) is 0. The summed E-state index contributed by atoms with van der Waals surface area (Å²) in [6.07, 6.45) is 13.3. The van der Waals surface area contributed by atoms with Gasteiger partial charge in [-0.1, -0.05) is 0 Å². The third-order valence-corrected chi connectivity index (χ3v) is 5.26. The van der Waals surface area contributed by atoms with E-state index >= 15 is 0 Å². The zero-order chi connectivity index (χ0) is 17.1.